The number of rotatable bonds is 2. The van der Waals surface area contributed by atoms with Crippen LogP contribution in [0, 0.1) is 5.92 Å². The van der Waals surface area contributed by atoms with Crippen LogP contribution in [0.1, 0.15) is 13.3 Å². The molecule has 1 amide bonds. The van der Waals surface area contributed by atoms with Gasteiger partial charge in [-0.2, -0.15) is 0 Å². The summed E-state index contributed by atoms with van der Waals surface area (Å²) in [7, 11) is 0. The molecule has 5 heteroatoms. The van der Waals surface area contributed by atoms with Gasteiger partial charge in [-0.25, -0.2) is 4.98 Å². The molecule has 0 bridgehead atoms. The number of anilines is 1. The summed E-state index contributed by atoms with van der Waals surface area (Å²) in [4.78, 5) is 15.9. The van der Waals surface area contributed by atoms with Gasteiger partial charge in [0.2, 0.25) is 5.91 Å². The largest absolute Gasteiger partial charge is 0.378 e. The monoisotopic (exact) mass is 284 g/mol. The first-order valence-electron chi connectivity index (χ1n) is 5.19. The summed E-state index contributed by atoms with van der Waals surface area (Å²) < 4.78 is 6.25. The lowest BCUT2D eigenvalue weighted by Crippen LogP contribution is -2.23. The standard InChI is InChI=1S/C11H13BrN2O2/c1-7-4-8(6-16-7)11(15)14-10-5-9(12)2-3-13-10/h2-3,5,7-8H,4,6H2,1H3,(H,13,14,15). The van der Waals surface area contributed by atoms with E-state index >= 15 is 0 Å². The zero-order chi connectivity index (χ0) is 11.5. The molecule has 1 aliphatic rings. The van der Waals surface area contributed by atoms with Gasteiger partial charge in [0.25, 0.3) is 0 Å². The van der Waals surface area contributed by atoms with Crippen molar-refractivity contribution in [2.45, 2.75) is 19.4 Å². The number of halogens is 1. The molecule has 16 heavy (non-hydrogen) atoms. The van der Waals surface area contributed by atoms with E-state index in [1.165, 1.54) is 0 Å². The molecule has 1 N–H and O–H groups in total. The van der Waals surface area contributed by atoms with Gasteiger partial charge in [0.15, 0.2) is 0 Å². The minimum Gasteiger partial charge on any atom is -0.378 e. The van der Waals surface area contributed by atoms with E-state index in [-0.39, 0.29) is 17.9 Å². The van der Waals surface area contributed by atoms with E-state index in [2.05, 4.69) is 26.2 Å². The number of nitrogens with one attached hydrogen (secondary N) is 1. The fourth-order valence-electron chi connectivity index (χ4n) is 1.70. The summed E-state index contributed by atoms with van der Waals surface area (Å²) >= 11 is 3.33. The quantitative estimate of drug-likeness (QED) is 0.906. The van der Waals surface area contributed by atoms with Gasteiger partial charge in [0.1, 0.15) is 5.82 Å². The molecule has 0 spiro atoms. The van der Waals surface area contributed by atoms with Crippen molar-refractivity contribution in [3.63, 3.8) is 0 Å². The van der Waals surface area contributed by atoms with Crippen LogP contribution in [0.4, 0.5) is 5.82 Å². The minimum absolute atomic E-state index is 0.0186. The number of aromatic nitrogens is 1. The lowest BCUT2D eigenvalue weighted by atomic mass is 10.1. The molecular formula is C11H13BrN2O2. The van der Waals surface area contributed by atoms with E-state index in [1.54, 1.807) is 12.3 Å². The van der Waals surface area contributed by atoms with Crippen molar-refractivity contribution in [1.82, 2.24) is 4.98 Å². The summed E-state index contributed by atoms with van der Waals surface area (Å²) in [5.41, 5.74) is 0. The number of carbonyl (C=O) groups excluding carboxylic acids is 1. The Morgan fingerprint density at radius 2 is 2.50 bits per heavy atom. The lowest BCUT2D eigenvalue weighted by molar-refractivity contribution is -0.119. The summed E-state index contributed by atoms with van der Waals surface area (Å²) in [5, 5.41) is 2.79. The Morgan fingerprint density at radius 3 is 3.12 bits per heavy atom. The zero-order valence-corrected chi connectivity index (χ0v) is 10.5. The molecule has 4 nitrogen and oxygen atoms in total. The molecule has 1 saturated heterocycles. The maximum absolute atomic E-state index is 11.8. The number of pyridine rings is 1. The summed E-state index contributed by atoms with van der Waals surface area (Å²) in [5.74, 6) is 0.490. The first-order chi connectivity index (χ1) is 7.65. The lowest BCUT2D eigenvalue weighted by Gasteiger charge is -2.08. The summed E-state index contributed by atoms with van der Waals surface area (Å²) in [6, 6.07) is 3.59. The minimum atomic E-state index is -0.0595. The number of carbonyl (C=O) groups is 1. The van der Waals surface area contributed by atoms with E-state index in [4.69, 9.17) is 4.74 Å². The highest BCUT2D eigenvalue weighted by molar-refractivity contribution is 9.10. The molecule has 1 fully saturated rings. The SMILES string of the molecule is CC1CC(C(=O)Nc2cc(Br)ccn2)CO1. The Morgan fingerprint density at radius 1 is 1.69 bits per heavy atom. The van der Waals surface area contributed by atoms with Crippen molar-refractivity contribution in [1.29, 1.82) is 0 Å². The van der Waals surface area contributed by atoms with Gasteiger partial charge >= 0.3 is 0 Å². The molecule has 0 aromatic carbocycles. The first-order valence-corrected chi connectivity index (χ1v) is 5.98. The van der Waals surface area contributed by atoms with Crippen LogP contribution in [0.15, 0.2) is 22.8 Å². The van der Waals surface area contributed by atoms with Gasteiger partial charge in [-0.3, -0.25) is 4.79 Å². The van der Waals surface area contributed by atoms with Gasteiger partial charge in [-0.15, -0.1) is 0 Å². The van der Waals surface area contributed by atoms with Crippen molar-refractivity contribution in [3.8, 4) is 0 Å². The van der Waals surface area contributed by atoms with Crippen LogP contribution in [0.3, 0.4) is 0 Å². The molecule has 1 aliphatic heterocycles. The molecule has 1 aromatic heterocycles. The van der Waals surface area contributed by atoms with Crippen LogP contribution in [-0.4, -0.2) is 23.6 Å². The van der Waals surface area contributed by atoms with Crippen molar-refractivity contribution < 1.29 is 9.53 Å². The van der Waals surface area contributed by atoms with Crippen LogP contribution in [0.2, 0.25) is 0 Å². The molecule has 2 heterocycles. The molecule has 0 saturated carbocycles. The van der Waals surface area contributed by atoms with Gasteiger partial charge in [-0.1, -0.05) is 15.9 Å². The fraction of sp³-hybridized carbons (Fsp3) is 0.455. The number of hydrogen-bond donors (Lipinski definition) is 1. The van der Waals surface area contributed by atoms with Gasteiger partial charge < -0.3 is 10.1 Å². The fourth-order valence-corrected chi connectivity index (χ4v) is 2.04. The average Bonchev–Trinajstić information content (AvgIpc) is 2.65. The van der Waals surface area contributed by atoms with Crippen LogP contribution in [-0.2, 0) is 9.53 Å². The van der Waals surface area contributed by atoms with Crippen molar-refractivity contribution in [3.05, 3.63) is 22.8 Å². The predicted molar refractivity (Wildman–Crippen MR) is 64.1 cm³/mol. The molecule has 86 valence electrons. The van der Waals surface area contributed by atoms with Crippen LogP contribution in [0.25, 0.3) is 0 Å². The van der Waals surface area contributed by atoms with E-state index in [1.807, 2.05) is 13.0 Å². The third-order valence-corrected chi connectivity index (χ3v) is 3.04. The third-order valence-electron chi connectivity index (χ3n) is 2.54. The third kappa shape index (κ3) is 2.80. The zero-order valence-electron chi connectivity index (χ0n) is 8.94. The second kappa shape index (κ2) is 4.93. The molecule has 2 unspecified atom stereocenters. The predicted octanol–water partition coefficient (Wildman–Crippen LogP) is 2.21. The summed E-state index contributed by atoms with van der Waals surface area (Å²) in [6.07, 6.45) is 2.60. The number of nitrogens with zero attached hydrogens (tertiary/aromatic N) is 1. The molecule has 0 radical (unpaired) electrons. The average molecular weight is 285 g/mol. The molecule has 2 rings (SSSR count). The van der Waals surface area contributed by atoms with Crippen molar-refractivity contribution in [2.75, 3.05) is 11.9 Å². The Kier molecular flexibility index (Phi) is 3.56. The van der Waals surface area contributed by atoms with E-state index in [0.29, 0.717) is 12.4 Å². The normalized spacial score (nSPS) is 24.4. The number of hydrogen-bond acceptors (Lipinski definition) is 3. The van der Waals surface area contributed by atoms with Crippen molar-refractivity contribution >= 4 is 27.7 Å². The Labute approximate surface area is 103 Å². The Balaban J connectivity index is 1.97. The maximum atomic E-state index is 11.8. The highest BCUT2D eigenvalue weighted by Gasteiger charge is 2.28. The second-order valence-electron chi connectivity index (χ2n) is 3.93. The molecular weight excluding hydrogens is 272 g/mol. The van der Waals surface area contributed by atoms with Crippen LogP contribution in [0.5, 0.6) is 0 Å². The van der Waals surface area contributed by atoms with E-state index < -0.39 is 0 Å². The first kappa shape index (κ1) is 11.5. The second-order valence-corrected chi connectivity index (χ2v) is 4.84. The maximum Gasteiger partial charge on any atom is 0.231 e. The summed E-state index contributed by atoms with van der Waals surface area (Å²) in [6.45, 7) is 2.48. The highest BCUT2D eigenvalue weighted by Crippen LogP contribution is 2.21. The molecule has 0 aliphatic carbocycles. The van der Waals surface area contributed by atoms with Crippen molar-refractivity contribution in [2.24, 2.45) is 5.92 Å². The van der Waals surface area contributed by atoms with Gasteiger partial charge in [0, 0.05) is 10.7 Å². The van der Waals surface area contributed by atoms with Gasteiger partial charge in [-0.05, 0) is 25.5 Å². The smallest absolute Gasteiger partial charge is 0.231 e. The van der Waals surface area contributed by atoms with E-state index in [0.717, 1.165) is 10.9 Å². The topological polar surface area (TPSA) is 51.2 Å². The van der Waals surface area contributed by atoms with Crippen LogP contribution >= 0.6 is 15.9 Å². The number of ether oxygens (including phenoxy) is 1. The molecule has 2 atom stereocenters. The van der Waals surface area contributed by atoms with Crippen LogP contribution < -0.4 is 5.32 Å². The van der Waals surface area contributed by atoms with Gasteiger partial charge in [0.05, 0.1) is 18.6 Å². The Hall–Kier alpha value is -0.940. The highest BCUT2D eigenvalue weighted by atomic mass is 79.9. The van der Waals surface area contributed by atoms with E-state index in [9.17, 15) is 4.79 Å². The molecule has 1 aromatic rings. The number of amides is 1. The Bertz CT molecular complexity index is 397.